The molecule has 0 aliphatic carbocycles. The molecule has 0 atom stereocenters. The number of nitrogens with zero attached hydrogens (tertiary/aromatic N) is 3. The Hall–Kier alpha value is -1.71. The standard InChI is InChI=1S/C15H10F4IN3/c1-8-22-14-13(5-12(20)6-21-14)23(8)7-9-2-10(15(17,18)19)4-11(16)3-9/h2-6H,7H2,1H3. The van der Waals surface area contributed by atoms with Crippen LogP contribution in [-0.2, 0) is 12.7 Å². The summed E-state index contributed by atoms with van der Waals surface area (Å²) in [5, 5.41) is 0. The molecule has 0 aliphatic heterocycles. The molecule has 0 radical (unpaired) electrons. The van der Waals surface area contributed by atoms with Crippen molar-refractivity contribution >= 4 is 33.8 Å². The molecule has 2 aromatic heterocycles. The number of halogens is 5. The molecule has 2 heterocycles. The molecule has 0 saturated heterocycles. The minimum absolute atomic E-state index is 0.0882. The molecule has 0 N–H and O–H groups in total. The van der Waals surface area contributed by atoms with Gasteiger partial charge >= 0.3 is 6.18 Å². The molecule has 3 aromatic rings. The van der Waals surface area contributed by atoms with Crippen molar-refractivity contribution in [2.75, 3.05) is 0 Å². The molecule has 3 nitrogen and oxygen atoms in total. The van der Waals surface area contributed by atoms with Gasteiger partial charge in [0.2, 0.25) is 0 Å². The number of aromatic nitrogens is 3. The van der Waals surface area contributed by atoms with Gasteiger partial charge in [-0.1, -0.05) is 0 Å². The number of benzene rings is 1. The maximum absolute atomic E-state index is 13.5. The van der Waals surface area contributed by atoms with Crippen molar-refractivity contribution in [2.45, 2.75) is 19.6 Å². The van der Waals surface area contributed by atoms with Gasteiger partial charge in [0.25, 0.3) is 0 Å². The van der Waals surface area contributed by atoms with E-state index in [-0.39, 0.29) is 12.1 Å². The lowest BCUT2D eigenvalue weighted by atomic mass is 10.1. The zero-order valence-electron chi connectivity index (χ0n) is 11.8. The Morgan fingerprint density at radius 3 is 2.61 bits per heavy atom. The molecule has 0 unspecified atom stereocenters. The fourth-order valence-corrected chi connectivity index (χ4v) is 2.82. The van der Waals surface area contributed by atoms with E-state index >= 15 is 0 Å². The fourth-order valence-electron chi connectivity index (χ4n) is 2.38. The van der Waals surface area contributed by atoms with Gasteiger partial charge in [-0.05, 0) is 59.3 Å². The van der Waals surface area contributed by atoms with Gasteiger partial charge < -0.3 is 4.57 Å². The quantitative estimate of drug-likeness (QED) is 0.437. The maximum Gasteiger partial charge on any atom is 0.416 e. The average molecular weight is 435 g/mol. The highest BCUT2D eigenvalue weighted by atomic mass is 127. The zero-order valence-corrected chi connectivity index (χ0v) is 14.0. The summed E-state index contributed by atoms with van der Waals surface area (Å²) < 4.78 is 54.6. The van der Waals surface area contributed by atoms with Crippen LogP contribution in [0, 0.1) is 16.3 Å². The van der Waals surface area contributed by atoms with E-state index in [0.29, 0.717) is 23.1 Å². The van der Waals surface area contributed by atoms with Gasteiger partial charge in [-0.3, -0.25) is 0 Å². The van der Waals surface area contributed by atoms with Gasteiger partial charge in [-0.2, -0.15) is 13.2 Å². The highest BCUT2D eigenvalue weighted by Gasteiger charge is 2.31. The van der Waals surface area contributed by atoms with Crippen LogP contribution in [-0.4, -0.2) is 14.5 Å². The van der Waals surface area contributed by atoms with Gasteiger partial charge in [-0.15, -0.1) is 0 Å². The maximum atomic E-state index is 13.5. The fraction of sp³-hybridized carbons (Fsp3) is 0.200. The number of aryl methyl sites for hydroxylation is 1. The van der Waals surface area contributed by atoms with Crippen molar-refractivity contribution in [3.05, 3.63) is 56.8 Å². The first-order chi connectivity index (χ1) is 10.7. The molecule has 0 fully saturated rings. The Labute approximate surface area is 142 Å². The minimum atomic E-state index is -4.58. The third-order valence-electron chi connectivity index (χ3n) is 3.39. The van der Waals surface area contributed by atoms with E-state index in [0.717, 1.165) is 15.7 Å². The number of fused-ring (bicyclic) bond motifs is 1. The number of rotatable bonds is 2. The first-order valence-corrected chi connectivity index (χ1v) is 7.67. The molecule has 23 heavy (non-hydrogen) atoms. The molecule has 0 bridgehead atoms. The van der Waals surface area contributed by atoms with Crippen LogP contribution in [0.2, 0.25) is 0 Å². The van der Waals surface area contributed by atoms with Crippen LogP contribution < -0.4 is 0 Å². The molecule has 0 aliphatic rings. The molecule has 3 rings (SSSR count). The molecule has 8 heteroatoms. The van der Waals surface area contributed by atoms with E-state index in [2.05, 4.69) is 32.6 Å². The molecule has 0 amide bonds. The number of pyridine rings is 1. The second-order valence-electron chi connectivity index (χ2n) is 5.09. The second kappa shape index (κ2) is 5.73. The summed E-state index contributed by atoms with van der Waals surface area (Å²) in [6.45, 7) is 1.82. The normalized spacial score (nSPS) is 12.1. The summed E-state index contributed by atoms with van der Waals surface area (Å²) in [6.07, 6.45) is -2.93. The van der Waals surface area contributed by atoms with Gasteiger partial charge in [-0.25, -0.2) is 14.4 Å². The third-order valence-corrected chi connectivity index (χ3v) is 3.98. The smallest absolute Gasteiger partial charge is 0.322 e. The number of alkyl halides is 3. The zero-order chi connectivity index (χ0) is 16.8. The number of imidazole rings is 1. The molecular weight excluding hydrogens is 425 g/mol. The van der Waals surface area contributed by atoms with E-state index in [1.807, 2.05) is 6.07 Å². The van der Waals surface area contributed by atoms with Crippen molar-refractivity contribution in [1.29, 1.82) is 0 Å². The van der Waals surface area contributed by atoms with Crippen LogP contribution in [0.15, 0.2) is 30.5 Å². The van der Waals surface area contributed by atoms with Crippen LogP contribution in [0.3, 0.4) is 0 Å². The summed E-state index contributed by atoms with van der Waals surface area (Å²) in [4.78, 5) is 8.46. The van der Waals surface area contributed by atoms with Gasteiger partial charge in [0.05, 0.1) is 11.1 Å². The Balaban J connectivity index is 2.07. The predicted octanol–water partition coefficient (Wildman–Crippen LogP) is 4.55. The van der Waals surface area contributed by atoms with E-state index < -0.39 is 17.6 Å². The topological polar surface area (TPSA) is 30.7 Å². The van der Waals surface area contributed by atoms with Crippen LogP contribution >= 0.6 is 22.6 Å². The Bertz CT molecular complexity index is 886. The monoisotopic (exact) mass is 435 g/mol. The van der Waals surface area contributed by atoms with Crippen molar-refractivity contribution in [1.82, 2.24) is 14.5 Å². The summed E-state index contributed by atoms with van der Waals surface area (Å²) in [5.41, 5.74) is 0.434. The molecular formula is C15H10F4IN3. The van der Waals surface area contributed by atoms with Crippen LogP contribution in [0.5, 0.6) is 0 Å². The summed E-state index contributed by atoms with van der Waals surface area (Å²) in [7, 11) is 0. The summed E-state index contributed by atoms with van der Waals surface area (Å²) in [6, 6.07) is 4.39. The first kappa shape index (κ1) is 16.2. The second-order valence-corrected chi connectivity index (χ2v) is 6.33. The molecule has 0 spiro atoms. The molecule has 0 saturated carbocycles. The predicted molar refractivity (Wildman–Crippen MR) is 85.5 cm³/mol. The Morgan fingerprint density at radius 2 is 1.91 bits per heavy atom. The highest BCUT2D eigenvalue weighted by Crippen LogP contribution is 2.31. The van der Waals surface area contributed by atoms with E-state index in [1.54, 1.807) is 17.7 Å². The van der Waals surface area contributed by atoms with E-state index in [1.165, 1.54) is 0 Å². The lowest BCUT2D eigenvalue weighted by Crippen LogP contribution is -2.08. The SMILES string of the molecule is Cc1nc2ncc(I)cc2n1Cc1cc(F)cc(C(F)(F)F)c1. The summed E-state index contributed by atoms with van der Waals surface area (Å²) >= 11 is 2.09. The highest BCUT2D eigenvalue weighted by molar-refractivity contribution is 14.1. The average Bonchev–Trinajstić information content (AvgIpc) is 2.73. The van der Waals surface area contributed by atoms with Gasteiger partial charge in [0, 0.05) is 16.3 Å². The summed E-state index contributed by atoms with van der Waals surface area (Å²) in [5.74, 6) is -0.308. The first-order valence-electron chi connectivity index (χ1n) is 6.59. The third kappa shape index (κ3) is 3.31. The van der Waals surface area contributed by atoms with Crippen LogP contribution in [0.4, 0.5) is 17.6 Å². The molecule has 1 aromatic carbocycles. The Morgan fingerprint density at radius 1 is 1.17 bits per heavy atom. The van der Waals surface area contributed by atoms with Crippen molar-refractivity contribution in [3.63, 3.8) is 0 Å². The number of hydrogen-bond acceptors (Lipinski definition) is 2. The van der Waals surface area contributed by atoms with Gasteiger partial charge in [0.1, 0.15) is 11.6 Å². The van der Waals surface area contributed by atoms with Gasteiger partial charge in [0.15, 0.2) is 5.65 Å². The van der Waals surface area contributed by atoms with Crippen molar-refractivity contribution in [3.8, 4) is 0 Å². The molecule has 120 valence electrons. The lowest BCUT2D eigenvalue weighted by Gasteiger charge is -2.11. The van der Waals surface area contributed by atoms with Crippen LogP contribution in [0.25, 0.3) is 11.2 Å². The number of hydrogen-bond donors (Lipinski definition) is 0. The van der Waals surface area contributed by atoms with Crippen molar-refractivity contribution in [2.24, 2.45) is 0 Å². The lowest BCUT2D eigenvalue weighted by molar-refractivity contribution is -0.137. The minimum Gasteiger partial charge on any atom is -0.322 e. The Kier molecular flexibility index (Phi) is 4.03. The van der Waals surface area contributed by atoms with Crippen molar-refractivity contribution < 1.29 is 17.6 Å². The van der Waals surface area contributed by atoms with Crippen LogP contribution in [0.1, 0.15) is 17.0 Å². The largest absolute Gasteiger partial charge is 0.416 e. The van der Waals surface area contributed by atoms with E-state index in [4.69, 9.17) is 0 Å². The van der Waals surface area contributed by atoms with E-state index in [9.17, 15) is 17.6 Å².